The molecule has 3 aromatic rings. The lowest BCUT2D eigenvalue weighted by atomic mass is 10.0. The van der Waals surface area contributed by atoms with Gasteiger partial charge in [0.2, 0.25) is 21.8 Å². The molecule has 12 nitrogen and oxygen atoms in total. The predicted molar refractivity (Wildman–Crippen MR) is 187 cm³/mol. The van der Waals surface area contributed by atoms with E-state index in [0.29, 0.717) is 43.3 Å². The van der Waals surface area contributed by atoms with Crippen molar-refractivity contribution in [1.82, 2.24) is 14.5 Å². The summed E-state index contributed by atoms with van der Waals surface area (Å²) in [6.07, 6.45) is -1.04. The first kappa shape index (κ1) is 37.8. The second-order valence-corrected chi connectivity index (χ2v) is 14.4. The molecule has 3 N–H and O–H groups in total. The number of sulfonamides is 1. The standard InChI is InChI=1S/C36H48N4O8S/c1-27(2)22-40(49(45,46)32-15-9-29(26-41)10-16-32)23-34(42)33(21-28-7-5-4-6-8-28)37-35(43)24-39(30-11-13-31(47-3)14-12-30)25-36(44)38-17-19-48-20-18-38/h4-16,27,33-34,41-42H,17-26H2,1-3H3,(H,37,43)/t33-,34+/m0/s1. The van der Waals surface area contributed by atoms with E-state index in [-0.39, 0.29) is 55.9 Å². The van der Waals surface area contributed by atoms with Gasteiger partial charge in [0.25, 0.3) is 0 Å². The summed E-state index contributed by atoms with van der Waals surface area (Å²) in [6, 6.07) is 21.5. The van der Waals surface area contributed by atoms with Crippen molar-refractivity contribution in [2.45, 2.75) is 43.9 Å². The van der Waals surface area contributed by atoms with Gasteiger partial charge >= 0.3 is 0 Å². The zero-order valence-electron chi connectivity index (χ0n) is 28.4. The third kappa shape index (κ3) is 11.0. The van der Waals surface area contributed by atoms with Crippen LogP contribution in [0.5, 0.6) is 5.75 Å². The largest absolute Gasteiger partial charge is 0.497 e. The van der Waals surface area contributed by atoms with Gasteiger partial charge in [-0.2, -0.15) is 4.31 Å². The molecule has 2 atom stereocenters. The number of morpholine rings is 1. The summed E-state index contributed by atoms with van der Waals surface area (Å²) < 4.78 is 39.5. The van der Waals surface area contributed by atoms with Gasteiger partial charge in [0.1, 0.15) is 5.75 Å². The van der Waals surface area contributed by atoms with Crippen molar-refractivity contribution in [3.8, 4) is 5.75 Å². The molecular weight excluding hydrogens is 648 g/mol. The Morgan fingerprint density at radius 2 is 1.57 bits per heavy atom. The van der Waals surface area contributed by atoms with E-state index in [1.54, 1.807) is 53.3 Å². The van der Waals surface area contributed by atoms with Crippen LogP contribution in [0.1, 0.15) is 25.0 Å². The Hall–Kier alpha value is -4.01. The number of aliphatic hydroxyl groups excluding tert-OH is 2. The van der Waals surface area contributed by atoms with E-state index in [1.807, 2.05) is 44.2 Å². The van der Waals surface area contributed by atoms with Crippen LogP contribution in [0.3, 0.4) is 0 Å². The van der Waals surface area contributed by atoms with Crippen molar-refractivity contribution in [2.75, 3.05) is 64.5 Å². The number of methoxy groups -OCH3 is 1. The molecule has 49 heavy (non-hydrogen) atoms. The average molecular weight is 697 g/mol. The minimum atomic E-state index is -4.03. The fraction of sp³-hybridized carbons (Fsp3) is 0.444. The fourth-order valence-corrected chi connectivity index (χ4v) is 7.24. The first-order valence-corrected chi connectivity index (χ1v) is 17.9. The number of hydrogen-bond donors (Lipinski definition) is 3. The molecule has 0 spiro atoms. The number of hydrogen-bond acceptors (Lipinski definition) is 9. The molecule has 1 heterocycles. The van der Waals surface area contributed by atoms with E-state index in [9.17, 15) is 28.2 Å². The van der Waals surface area contributed by atoms with Gasteiger partial charge in [-0.15, -0.1) is 0 Å². The van der Waals surface area contributed by atoms with Gasteiger partial charge in [0.05, 0.1) is 57.1 Å². The van der Waals surface area contributed by atoms with Crippen LogP contribution >= 0.6 is 0 Å². The maximum Gasteiger partial charge on any atom is 0.243 e. The molecule has 0 aromatic heterocycles. The third-order valence-electron chi connectivity index (χ3n) is 8.27. The van der Waals surface area contributed by atoms with Crippen LogP contribution in [0.25, 0.3) is 0 Å². The molecule has 1 aliphatic rings. The topological polar surface area (TPSA) is 149 Å². The highest BCUT2D eigenvalue weighted by atomic mass is 32.2. The van der Waals surface area contributed by atoms with E-state index < -0.39 is 28.1 Å². The zero-order chi connectivity index (χ0) is 35.4. The van der Waals surface area contributed by atoms with E-state index in [2.05, 4.69) is 5.32 Å². The fourth-order valence-electron chi connectivity index (χ4n) is 5.61. The van der Waals surface area contributed by atoms with Crippen molar-refractivity contribution in [3.63, 3.8) is 0 Å². The molecule has 0 unspecified atom stereocenters. The number of carbonyl (C=O) groups excluding carboxylic acids is 2. The van der Waals surface area contributed by atoms with Crippen molar-refractivity contribution in [3.05, 3.63) is 90.0 Å². The number of carbonyl (C=O) groups is 2. The number of nitrogens with zero attached hydrogens (tertiary/aromatic N) is 3. The van der Waals surface area contributed by atoms with Crippen LogP contribution in [-0.2, 0) is 37.4 Å². The number of anilines is 1. The molecule has 1 saturated heterocycles. The number of ether oxygens (including phenoxy) is 2. The Bertz CT molecular complexity index is 1580. The molecule has 2 amide bonds. The Morgan fingerprint density at radius 3 is 2.16 bits per heavy atom. The average Bonchev–Trinajstić information content (AvgIpc) is 3.11. The molecule has 0 aliphatic carbocycles. The Kier molecular flexibility index (Phi) is 14.0. The minimum absolute atomic E-state index is 0.0428. The molecule has 3 aromatic carbocycles. The number of rotatable bonds is 17. The molecule has 4 rings (SSSR count). The maximum atomic E-state index is 13.8. The van der Waals surface area contributed by atoms with E-state index in [4.69, 9.17) is 9.47 Å². The quantitative estimate of drug-likeness (QED) is 0.193. The SMILES string of the molecule is COc1ccc(N(CC(=O)N[C@@H](Cc2ccccc2)[C@H](O)CN(CC(C)C)S(=O)(=O)c2ccc(CO)cc2)CC(=O)N2CCOCC2)cc1. The summed E-state index contributed by atoms with van der Waals surface area (Å²) in [4.78, 5) is 30.5. The molecule has 266 valence electrons. The lowest BCUT2D eigenvalue weighted by Crippen LogP contribution is -2.53. The molecule has 13 heteroatoms. The highest BCUT2D eigenvalue weighted by Gasteiger charge is 2.32. The van der Waals surface area contributed by atoms with Gasteiger partial charge < -0.3 is 34.8 Å². The summed E-state index contributed by atoms with van der Waals surface area (Å²) in [7, 11) is -2.47. The van der Waals surface area contributed by atoms with Crippen LogP contribution in [0.15, 0.2) is 83.8 Å². The van der Waals surface area contributed by atoms with E-state index in [0.717, 1.165) is 5.56 Å². The van der Waals surface area contributed by atoms with Crippen LogP contribution in [0.4, 0.5) is 5.69 Å². The number of amides is 2. The van der Waals surface area contributed by atoms with Crippen LogP contribution < -0.4 is 15.0 Å². The summed E-state index contributed by atoms with van der Waals surface area (Å²) in [5, 5.41) is 24.0. The van der Waals surface area contributed by atoms with Gasteiger partial charge in [-0.3, -0.25) is 9.59 Å². The van der Waals surface area contributed by atoms with Gasteiger partial charge in [0.15, 0.2) is 0 Å². The van der Waals surface area contributed by atoms with Gasteiger partial charge in [-0.05, 0) is 59.9 Å². The molecule has 0 bridgehead atoms. The molecule has 0 saturated carbocycles. The summed E-state index contributed by atoms with van der Waals surface area (Å²) in [5.74, 6) is -0.00959. The zero-order valence-corrected chi connectivity index (χ0v) is 29.2. The second-order valence-electron chi connectivity index (χ2n) is 12.5. The van der Waals surface area contributed by atoms with Crippen molar-refractivity contribution in [1.29, 1.82) is 0 Å². The van der Waals surface area contributed by atoms with Gasteiger partial charge in [-0.1, -0.05) is 56.3 Å². The van der Waals surface area contributed by atoms with Gasteiger partial charge in [-0.25, -0.2) is 8.42 Å². The molecule has 1 fully saturated rings. The van der Waals surface area contributed by atoms with Gasteiger partial charge in [0, 0.05) is 31.9 Å². The van der Waals surface area contributed by atoms with Crippen LogP contribution in [0, 0.1) is 5.92 Å². The number of aliphatic hydroxyl groups is 2. The van der Waals surface area contributed by atoms with Crippen molar-refractivity contribution < 1.29 is 37.7 Å². The Balaban J connectivity index is 1.57. The van der Waals surface area contributed by atoms with E-state index in [1.165, 1.54) is 16.4 Å². The number of benzene rings is 3. The normalized spacial score (nSPS) is 14.8. The van der Waals surface area contributed by atoms with E-state index >= 15 is 0 Å². The first-order chi connectivity index (χ1) is 23.5. The maximum absolute atomic E-state index is 13.8. The van der Waals surface area contributed by atoms with Crippen molar-refractivity contribution in [2.24, 2.45) is 5.92 Å². The summed E-state index contributed by atoms with van der Waals surface area (Å²) in [6.45, 7) is 5.02. The Labute approximate surface area is 289 Å². The molecular formula is C36H48N4O8S. The molecule has 0 radical (unpaired) electrons. The van der Waals surface area contributed by atoms with Crippen LogP contribution in [-0.4, -0.2) is 111 Å². The predicted octanol–water partition coefficient (Wildman–Crippen LogP) is 2.29. The lowest BCUT2D eigenvalue weighted by Gasteiger charge is -2.32. The minimum Gasteiger partial charge on any atom is -0.497 e. The molecule has 1 aliphatic heterocycles. The monoisotopic (exact) mass is 696 g/mol. The lowest BCUT2D eigenvalue weighted by molar-refractivity contribution is -0.133. The highest BCUT2D eigenvalue weighted by molar-refractivity contribution is 7.89. The first-order valence-electron chi connectivity index (χ1n) is 16.5. The third-order valence-corrected chi connectivity index (χ3v) is 10.1. The highest BCUT2D eigenvalue weighted by Crippen LogP contribution is 2.22. The summed E-state index contributed by atoms with van der Waals surface area (Å²) >= 11 is 0. The summed E-state index contributed by atoms with van der Waals surface area (Å²) in [5.41, 5.74) is 2.06. The Morgan fingerprint density at radius 1 is 0.918 bits per heavy atom. The number of nitrogens with one attached hydrogen (secondary N) is 1. The smallest absolute Gasteiger partial charge is 0.243 e. The van der Waals surface area contributed by atoms with Crippen LogP contribution in [0.2, 0.25) is 0 Å². The van der Waals surface area contributed by atoms with Crippen molar-refractivity contribution >= 4 is 27.5 Å². The second kappa shape index (κ2) is 18.1.